The molecular weight excluding hydrogens is 175 g/mol. The summed E-state index contributed by atoms with van der Waals surface area (Å²) in [5, 5.41) is 34.8. The fourth-order valence-corrected chi connectivity index (χ4v) is 1.22. The van der Waals surface area contributed by atoms with Gasteiger partial charge in [0.2, 0.25) is 0 Å². The van der Waals surface area contributed by atoms with Crippen LogP contribution in [0.2, 0.25) is 5.82 Å². The third-order valence-corrected chi connectivity index (χ3v) is 1.91. The molecule has 0 saturated carbocycles. The van der Waals surface area contributed by atoms with E-state index in [1.165, 1.54) is 12.2 Å². The van der Waals surface area contributed by atoms with Crippen LogP contribution in [-0.4, -0.2) is 6.71 Å². The molecular formula is C9H3BN4. The van der Waals surface area contributed by atoms with Crippen molar-refractivity contribution >= 4 is 6.71 Å². The number of nitriles is 4. The Morgan fingerprint density at radius 3 is 2.29 bits per heavy atom. The highest BCUT2D eigenvalue weighted by Crippen LogP contribution is 2.24. The normalized spacial score (nSPS) is 19.1. The second kappa shape index (κ2) is 3.95. The van der Waals surface area contributed by atoms with Crippen molar-refractivity contribution < 1.29 is 0 Å². The number of hydrogen-bond acceptors (Lipinski definition) is 4. The van der Waals surface area contributed by atoms with Crippen molar-refractivity contribution in [2.75, 3.05) is 0 Å². The summed E-state index contributed by atoms with van der Waals surface area (Å²) < 4.78 is 0. The number of rotatable bonds is 0. The van der Waals surface area contributed by atoms with E-state index in [-0.39, 0.29) is 11.0 Å². The maximum Gasteiger partial charge on any atom is 0.332 e. The first-order valence-electron chi connectivity index (χ1n) is 3.79. The van der Waals surface area contributed by atoms with Gasteiger partial charge in [0.15, 0.2) is 0 Å². The Bertz CT molecular complexity index is 475. The van der Waals surface area contributed by atoms with Crippen LogP contribution in [0.15, 0.2) is 23.2 Å². The predicted octanol–water partition coefficient (Wildman–Crippen LogP) is 0.891. The van der Waals surface area contributed by atoms with Crippen molar-refractivity contribution in [3.05, 3.63) is 23.2 Å². The first kappa shape index (κ1) is 9.59. The van der Waals surface area contributed by atoms with Crippen molar-refractivity contribution in [1.82, 2.24) is 0 Å². The minimum absolute atomic E-state index is 0.179. The van der Waals surface area contributed by atoms with Crippen LogP contribution in [0.4, 0.5) is 0 Å². The highest BCUT2D eigenvalue weighted by molar-refractivity contribution is 6.78. The average molecular weight is 178 g/mol. The summed E-state index contributed by atoms with van der Waals surface area (Å²) in [5.41, 5.74) is 0.442. The molecule has 0 bridgehead atoms. The number of nitrogens with zero attached hydrogens (tertiary/aromatic N) is 4. The van der Waals surface area contributed by atoms with Gasteiger partial charge in [0.05, 0.1) is 24.0 Å². The molecule has 0 spiro atoms. The molecule has 0 radical (unpaired) electrons. The largest absolute Gasteiger partial charge is 0.332 e. The summed E-state index contributed by atoms with van der Waals surface area (Å²) in [7, 11) is 0. The van der Waals surface area contributed by atoms with E-state index in [1.807, 2.05) is 24.2 Å². The molecule has 1 heterocycles. The van der Waals surface area contributed by atoms with Crippen LogP contribution in [-0.2, 0) is 0 Å². The van der Waals surface area contributed by atoms with Gasteiger partial charge in [-0.2, -0.15) is 15.8 Å². The Balaban J connectivity index is 3.21. The van der Waals surface area contributed by atoms with E-state index in [0.717, 1.165) is 0 Å². The Morgan fingerprint density at radius 2 is 1.86 bits per heavy atom. The lowest BCUT2D eigenvalue weighted by molar-refractivity contribution is 1.27. The second-order valence-corrected chi connectivity index (χ2v) is 2.71. The van der Waals surface area contributed by atoms with Crippen LogP contribution in [0, 0.1) is 45.2 Å². The van der Waals surface area contributed by atoms with Crippen LogP contribution in [0.3, 0.4) is 0 Å². The molecule has 1 aliphatic heterocycles. The van der Waals surface area contributed by atoms with Gasteiger partial charge in [0.25, 0.3) is 0 Å². The topological polar surface area (TPSA) is 95.2 Å². The molecule has 0 amide bonds. The molecule has 62 valence electrons. The van der Waals surface area contributed by atoms with E-state index >= 15 is 0 Å². The van der Waals surface area contributed by atoms with E-state index in [9.17, 15) is 0 Å². The summed E-state index contributed by atoms with van der Waals surface area (Å²) >= 11 is 0. The van der Waals surface area contributed by atoms with Gasteiger partial charge in [-0.25, -0.2) is 5.26 Å². The summed E-state index contributed by atoms with van der Waals surface area (Å²) in [6.07, 6.45) is 2.76. The zero-order chi connectivity index (χ0) is 10.6. The molecule has 0 aliphatic carbocycles. The van der Waals surface area contributed by atoms with Gasteiger partial charge in [0, 0.05) is 17.0 Å². The van der Waals surface area contributed by atoms with E-state index in [1.54, 1.807) is 0 Å². The lowest BCUT2D eigenvalue weighted by Gasteiger charge is -2.11. The molecule has 0 saturated heterocycles. The maximum absolute atomic E-state index is 8.75. The monoisotopic (exact) mass is 178 g/mol. The molecule has 5 heteroatoms. The van der Waals surface area contributed by atoms with Gasteiger partial charge >= 0.3 is 6.71 Å². The molecule has 0 N–H and O–H groups in total. The maximum atomic E-state index is 8.75. The molecule has 1 unspecified atom stereocenters. The summed E-state index contributed by atoms with van der Waals surface area (Å²) in [6, 6.07) is 5.57. The van der Waals surface area contributed by atoms with Crippen molar-refractivity contribution in [3.63, 3.8) is 0 Å². The minimum atomic E-state index is -0.748. The third kappa shape index (κ3) is 1.49. The fraction of sp³-hybridized carbons (Fsp3) is 0.111. The fourth-order valence-electron chi connectivity index (χ4n) is 1.22. The number of hydrogen-bond donors (Lipinski definition) is 0. The van der Waals surface area contributed by atoms with Crippen LogP contribution < -0.4 is 0 Å². The van der Waals surface area contributed by atoms with Crippen molar-refractivity contribution in [2.45, 2.75) is 5.82 Å². The summed E-state index contributed by atoms with van der Waals surface area (Å²) in [6.45, 7) is -0.748. The van der Waals surface area contributed by atoms with Gasteiger partial charge in [-0.15, -0.1) is 0 Å². The zero-order valence-corrected chi connectivity index (χ0v) is 7.10. The Kier molecular flexibility index (Phi) is 2.70. The lowest BCUT2D eigenvalue weighted by Crippen LogP contribution is -2.22. The molecule has 0 aromatic rings. The summed E-state index contributed by atoms with van der Waals surface area (Å²) in [4.78, 5) is 0. The lowest BCUT2D eigenvalue weighted by atomic mass is 9.36. The van der Waals surface area contributed by atoms with E-state index in [4.69, 9.17) is 21.0 Å². The van der Waals surface area contributed by atoms with Crippen LogP contribution in [0.1, 0.15) is 0 Å². The van der Waals surface area contributed by atoms with E-state index < -0.39 is 12.5 Å². The average Bonchev–Trinajstić information content (AvgIpc) is 2.26. The summed E-state index contributed by atoms with van der Waals surface area (Å²) in [5.74, 6) is 1.18. The first-order valence-corrected chi connectivity index (χ1v) is 3.79. The van der Waals surface area contributed by atoms with Crippen molar-refractivity contribution in [3.8, 4) is 24.2 Å². The predicted molar refractivity (Wildman–Crippen MR) is 48.1 cm³/mol. The Hall–Kier alpha value is -2.50. The molecule has 0 fully saturated rings. The van der Waals surface area contributed by atoms with Crippen LogP contribution >= 0.6 is 0 Å². The quantitative estimate of drug-likeness (QED) is 0.514. The first-order chi connectivity index (χ1) is 6.76. The minimum Gasteiger partial charge on any atom is -0.212 e. The molecule has 4 nitrogen and oxygen atoms in total. The molecule has 1 aliphatic rings. The zero-order valence-electron chi connectivity index (χ0n) is 7.10. The standard InChI is InChI=1S/C9H3BN4/c11-3-7-1-8(4-12)10(6-14)9(2-7)5-13/h1-2,8H. The smallest absolute Gasteiger partial charge is 0.212 e. The third-order valence-electron chi connectivity index (χ3n) is 1.91. The highest BCUT2D eigenvalue weighted by Gasteiger charge is 2.32. The number of allylic oxidation sites excluding steroid dienone is 4. The Labute approximate surface area is 81.7 Å². The molecule has 1 atom stereocenters. The van der Waals surface area contributed by atoms with Crippen LogP contribution in [0.25, 0.3) is 0 Å². The Morgan fingerprint density at radius 1 is 1.14 bits per heavy atom. The van der Waals surface area contributed by atoms with Gasteiger partial charge in [-0.05, 0) is 6.08 Å². The highest BCUT2D eigenvalue weighted by atomic mass is 14.3. The van der Waals surface area contributed by atoms with E-state index in [0.29, 0.717) is 0 Å². The van der Waals surface area contributed by atoms with Gasteiger partial charge in [-0.1, -0.05) is 6.08 Å². The van der Waals surface area contributed by atoms with Crippen molar-refractivity contribution in [1.29, 1.82) is 21.0 Å². The van der Waals surface area contributed by atoms with Gasteiger partial charge < -0.3 is 0 Å². The molecule has 14 heavy (non-hydrogen) atoms. The van der Waals surface area contributed by atoms with Crippen molar-refractivity contribution in [2.24, 2.45) is 0 Å². The molecule has 1 rings (SSSR count). The van der Waals surface area contributed by atoms with Gasteiger partial charge in [0.1, 0.15) is 0 Å². The molecule has 0 aromatic heterocycles. The second-order valence-electron chi connectivity index (χ2n) is 2.71. The van der Waals surface area contributed by atoms with Gasteiger partial charge in [-0.3, -0.25) is 0 Å². The van der Waals surface area contributed by atoms with Crippen LogP contribution in [0.5, 0.6) is 0 Å². The molecule has 0 aromatic carbocycles. The SMILES string of the molecule is N#CB1C(C#N)=CC(C#N)=CC1C#N. The van der Waals surface area contributed by atoms with E-state index in [2.05, 4.69) is 0 Å².